The topological polar surface area (TPSA) is 86.8 Å². The summed E-state index contributed by atoms with van der Waals surface area (Å²) in [5.74, 6) is 4.19. The fourth-order valence-corrected chi connectivity index (χ4v) is 2.87. The van der Waals surface area contributed by atoms with E-state index in [0.717, 1.165) is 34.2 Å². The van der Waals surface area contributed by atoms with E-state index in [1.165, 1.54) is 0 Å². The Hall–Kier alpha value is -3.68. The predicted molar refractivity (Wildman–Crippen MR) is 97.8 cm³/mol. The van der Waals surface area contributed by atoms with E-state index in [1.54, 1.807) is 12.3 Å². The number of hydrogen-bond donors (Lipinski definition) is 2. The molecular weight excluding hydrogens is 348 g/mol. The van der Waals surface area contributed by atoms with Crippen molar-refractivity contribution in [1.29, 1.82) is 0 Å². The second-order valence-electron chi connectivity index (χ2n) is 6.00. The van der Waals surface area contributed by atoms with Crippen molar-refractivity contribution >= 4 is 17.5 Å². The van der Waals surface area contributed by atoms with E-state index in [0.29, 0.717) is 18.3 Å². The summed E-state index contributed by atoms with van der Waals surface area (Å²) in [5, 5.41) is 6.46. The molecule has 0 aliphatic carbocycles. The van der Waals surface area contributed by atoms with E-state index in [9.17, 15) is 0 Å². The molecule has 2 aliphatic rings. The summed E-state index contributed by atoms with van der Waals surface area (Å²) < 4.78 is 21.4. The summed E-state index contributed by atoms with van der Waals surface area (Å²) >= 11 is 0. The standard InChI is InChI=1S/C19H16N4O4/c1-3-14-16(26-10-24-14)7-12(1)9-21-19-20-6-5-18(23-19)22-13-2-4-15-17(8-13)27-11-25-15/h1-8H,9-11H2,(H2,20,21,22,23). The van der Waals surface area contributed by atoms with Gasteiger partial charge in [0.25, 0.3) is 0 Å². The third-order valence-electron chi connectivity index (χ3n) is 4.19. The summed E-state index contributed by atoms with van der Waals surface area (Å²) in [6.07, 6.45) is 1.70. The average Bonchev–Trinajstić information content (AvgIpc) is 3.35. The molecule has 2 aliphatic heterocycles. The molecule has 8 heteroatoms. The summed E-state index contributed by atoms with van der Waals surface area (Å²) in [5.41, 5.74) is 1.91. The van der Waals surface area contributed by atoms with Crippen LogP contribution in [0.1, 0.15) is 5.56 Å². The van der Waals surface area contributed by atoms with Gasteiger partial charge in [0.1, 0.15) is 5.82 Å². The molecule has 0 atom stereocenters. The lowest BCUT2D eigenvalue weighted by atomic mass is 10.2. The second kappa shape index (κ2) is 6.56. The highest BCUT2D eigenvalue weighted by atomic mass is 16.7. The van der Waals surface area contributed by atoms with E-state index < -0.39 is 0 Å². The minimum absolute atomic E-state index is 0.250. The largest absolute Gasteiger partial charge is 0.454 e. The fraction of sp³-hybridized carbons (Fsp3) is 0.158. The Morgan fingerprint density at radius 3 is 2.41 bits per heavy atom. The molecular formula is C19H16N4O4. The molecule has 0 fully saturated rings. The highest BCUT2D eigenvalue weighted by Crippen LogP contribution is 2.35. The van der Waals surface area contributed by atoms with Crippen molar-refractivity contribution in [2.24, 2.45) is 0 Å². The Morgan fingerprint density at radius 2 is 1.56 bits per heavy atom. The van der Waals surface area contributed by atoms with Gasteiger partial charge in [-0.1, -0.05) is 6.07 Å². The Kier molecular flexibility index (Phi) is 3.78. The molecule has 136 valence electrons. The van der Waals surface area contributed by atoms with Crippen molar-refractivity contribution in [3.8, 4) is 23.0 Å². The van der Waals surface area contributed by atoms with Gasteiger partial charge >= 0.3 is 0 Å². The number of nitrogens with zero attached hydrogens (tertiary/aromatic N) is 2. The molecule has 5 rings (SSSR count). The van der Waals surface area contributed by atoms with Crippen molar-refractivity contribution in [2.45, 2.75) is 6.54 Å². The van der Waals surface area contributed by atoms with E-state index in [4.69, 9.17) is 18.9 Å². The maximum atomic E-state index is 5.40. The number of hydrogen-bond acceptors (Lipinski definition) is 8. The van der Waals surface area contributed by atoms with E-state index in [2.05, 4.69) is 20.6 Å². The van der Waals surface area contributed by atoms with Gasteiger partial charge in [0, 0.05) is 24.5 Å². The number of aromatic nitrogens is 2. The van der Waals surface area contributed by atoms with Crippen LogP contribution in [-0.2, 0) is 6.54 Å². The van der Waals surface area contributed by atoms with Crippen LogP contribution in [0, 0.1) is 0 Å². The van der Waals surface area contributed by atoms with Crippen LogP contribution in [0.2, 0.25) is 0 Å². The Balaban J connectivity index is 1.26. The zero-order valence-corrected chi connectivity index (χ0v) is 14.3. The van der Waals surface area contributed by atoms with E-state index >= 15 is 0 Å². The Labute approximate surface area is 155 Å². The van der Waals surface area contributed by atoms with Gasteiger partial charge in [-0.2, -0.15) is 4.98 Å². The van der Waals surface area contributed by atoms with Gasteiger partial charge in [0.15, 0.2) is 23.0 Å². The third-order valence-corrected chi connectivity index (χ3v) is 4.19. The Bertz CT molecular complexity index is 995. The first kappa shape index (κ1) is 15.6. The summed E-state index contributed by atoms with van der Waals surface area (Å²) in [4.78, 5) is 8.75. The molecule has 1 aromatic heterocycles. The van der Waals surface area contributed by atoms with Crippen molar-refractivity contribution in [3.05, 3.63) is 54.2 Å². The highest BCUT2D eigenvalue weighted by Gasteiger charge is 2.14. The molecule has 0 saturated heterocycles. The second-order valence-corrected chi connectivity index (χ2v) is 6.00. The zero-order valence-electron chi connectivity index (χ0n) is 14.3. The zero-order chi connectivity index (χ0) is 18.1. The lowest BCUT2D eigenvalue weighted by Crippen LogP contribution is -2.05. The van der Waals surface area contributed by atoms with Crippen LogP contribution >= 0.6 is 0 Å². The molecule has 0 unspecified atom stereocenters. The molecule has 8 nitrogen and oxygen atoms in total. The number of rotatable bonds is 5. The highest BCUT2D eigenvalue weighted by molar-refractivity contribution is 5.62. The van der Waals surface area contributed by atoms with Crippen molar-refractivity contribution in [2.75, 3.05) is 24.2 Å². The summed E-state index contributed by atoms with van der Waals surface area (Å²) in [7, 11) is 0. The molecule has 0 bridgehead atoms. The number of ether oxygens (including phenoxy) is 4. The van der Waals surface area contributed by atoms with Crippen molar-refractivity contribution in [1.82, 2.24) is 9.97 Å². The first-order valence-corrected chi connectivity index (χ1v) is 8.46. The van der Waals surface area contributed by atoms with Gasteiger partial charge in [0.05, 0.1) is 0 Å². The maximum Gasteiger partial charge on any atom is 0.231 e. The summed E-state index contributed by atoms with van der Waals surface area (Å²) in [6.45, 7) is 1.09. The van der Waals surface area contributed by atoms with Crippen molar-refractivity contribution < 1.29 is 18.9 Å². The molecule has 2 N–H and O–H groups in total. The van der Waals surface area contributed by atoms with Gasteiger partial charge in [-0.3, -0.25) is 0 Å². The molecule has 3 heterocycles. The first-order valence-electron chi connectivity index (χ1n) is 8.46. The molecule has 0 saturated carbocycles. The van der Waals surface area contributed by atoms with Crippen LogP contribution in [-0.4, -0.2) is 23.6 Å². The van der Waals surface area contributed by atoms with Gasteiger partial charge in [-0.15, -0.1) is 0 Å². The number of benzene rings is 2. The smallest absolute Gasteiger partial charge is 0.231 e. The van der Waals surface area contributed by atoms with Crippen LogP contribution in [0.4, 0.5) is 17.5 Å². The monoisotopic (exact) mass is 364 g/mol. The minimum atomic E-state index is 0.250. The van der Waals surface area contributed by atoms with Crippen LogP contribution in [0.3, 0.4) is 0 Å². The Morgan fingerprint density at radius 1 is 0.815 bits per heavy atom. The van der Waals surface area contributed by atoms with Gasteiger partial charge in [-0.05, 0) is 35.9 Å². The summed E-state index contributed by atoms with van der Waals surface area (Å²) in [6, 6.07) is 13.3. The molecule has 0 spiro atoms. The lowest BCUT2D eigenvalue weighted by molar-refractivity contribution is 0.173. The van der Waals surface area contributed by atoms with E-state index in [1.807, 2.05) is 36.4 Å². The quantitative estimate of drug-likeness (QED) is 0.713. The molecule has 0 amide bonds. The van der Waals surface area contributed by atoms with Gasteiger partial charge in [-0.25, -0.2) is 4.98 Å². The van der Waals surface area contributed by atoms with Crippen LogP contribution in [0.5, 0.6) is 23.0 Å². The van der Waals surface area contributed by atoms with Crippen LogP contribution < -0.4 is 29.6 Å². The molecule has 3 aromatic rings. The van der Waals surface area contributed by atoms with Crippen LogP contribution in [0.25, 0.3) is 0 Å². The van der Waals surface area contributed by atoms with Gasteiger partial charge < -0.3 is 29.6 Å². The molecule has 2 aromatic carbocycles. The number of fused-ring (bicyclic) bond motifs is 2. The average molecular weight is 364 g/mol. The van der Waals surface area contributed by atoms with Gasteiger partial charge in [0.2, 0.25) is 19.5 Å². The number of anilines is 3. The predicted octanol–water partition coefficient (Wildman–Crippen LogP) is 3.29. The first-order chi connectivity index (χ1) is 13.3. The molecule has 27 heavy (non-hydrogen) atoms. The number of nitrogens with one attached hydrogen (secondary N) is 2. The fourth-order valence-electron chi connectivity index (χ4n) is 2.87. The lowest BCUT2D eigenvalue weighted by Gasteiger charge is -2.09. The normalized spacial score (nSPS) is 13.5. The van der Waals surface area contributed by atoms with E-state index in [-0.39, 0.29) is 13.6 Å². The minimum Gasteiger partial charge on any atom is -0.454 e. The molecule has 0 radical (unpaired) electrons. The SMILES string of the molecule is c1cc(Nc2ccc3c(c2)OCO3)nc(NCc2ccc3c(c2)OCO3)n1. The maximum absolute atomic E-state index is 5.40. The van der Waals surface area contributed by atoms with Crippen molar-refractivity contribution in [3.63, 3.8) is 0 Å². The van der Waals surface area contributed by atoms with Crippen LogP contribution in [0.15, 0.2) is 48.7 Å². The third kappa shape index (κ3) is 3.24.